The summed E-state index contributed by atoms with van der Waals surface area (Å²) in [6, 6.07) is 13.5. The number of carbonyl (C=O) groups excluding carboxylic acids is 1. The van der Waals surface area contributed by atoms with Crippen LogP contribution in [0.3, 0.4) is 0 Å². The largest absolute Gasteiger partial charge is 0.495 e. The van der Waals surface area contributed by atoms with Gasteiger partial charge < -0.3 is 9.47 Å². The average Bonchev–Trinajstić information content (AvgIpc) is 2.93. The summed E-state index contributed by atoms with van der Waals surface area (Å²) in [5.74, 6) is 0.439. The van der Waals surface area contributed by atoms with E-state index >= 15 is 0 Å². The molecule has 2 heterocycles. The third-order valence-electron chi connectivity index (χ3n) is 3.59. The fourth-order valence-electron chi connectivity index (χ4n) is 2.54. The first-order valence-electron chi connectivity index (χ1n) is 7.49. The molecule has 0 amide bonds. The number of hydrogen-bond donors (Lipinski definition) is 0. The Morgan fingerprint density at radius 2 is 1.96 bits per heavy atom. The molecular weight excluding hydrogens is 292 g/mol. The highest BCUT2D eigenvalue weighted by Crippen LogP contribution is 2.26. The molecule has 0 aliphatic rings. The van der Waals surface area contributed by atoms with Crippen molar-refractivity contribution in [3.63, 3.8) is 0 Å². The zero-order valence-corrected chi connectivity index (χ0v) is 13.2. The molecule has 0 saturated heterocycles. The van der Waals surface area contributed by atoms with E-state index in [-0.39, 0.29) is 12.4 Å². The number of carbonyl (C=O) groups is 1. The van der Waals surface area contributed by atoms with Gasteiger partial charge in [-0.25, -0.2) is 4.98 Å². The Morgan fingerprint density at radius 3 is 2.65 bits per heavy atom. The molecule has 0 radical (unpaired) electrons. The summed E-state index contributed by atoms with van der Waals surface area (Å²) in [6.45, 7) is 2.16. The Morgan fingerprint density at radius 1 is 1.17 bits per heavy atom. The first-order chi connectivity index (χ1) is 11.2. The number of benzene rings is 1. The molecule has 3 aromatic rings. The fourth-order valence-corrected chi connectivity index (χ4v) is 2.54. The zero-order chi connectivity index (χ0) is 16.2. The molecule has 5 nitrogen and oxygen atoms in total. The summed E-state index contributed by atoms with van der Waals surface area (Å²) in [6.07, 6.45) is 2.00. The standard InChI is InChI=1S/C18H18N2O3/c1-3-23-17(21)11-15-18(13-7-5-4-6-8-13)19-16-10-9-14(22-2)12-20(15)16/h4-10,12H,3,11H2,1-2H3. The summed E-state index contributed by atoms with van der Waals surface area (Å²) >= 11 is 0. The first-order valence-corrected chi connectivity index (χ1v) is 7.49. The topological polar surface area (TPSA) is 52.8 Å². The molecule has 3 rings (SSSR count). The number of imidazole rings is 1. The molecule has 0 unspecified atom stereocenters. The first kappa shape index (κ1) is 15.1. The summed E-state index contributed by atoms with van der Waals surface area (Å²) in [7, 11) is 1.61. The second-order valence-corrected chi connectivity index (χ2v) is 5.05. The summed E-state index contributed by atoms with van der Waals surface area (Å²) in [4.78, 5) is 16.7. The number of esters is 1. The van der Waals surface area contributed by atoms with Gasteiger partial charge in [-0.2, -0.15) is 0 Å². The molecular formula is C18H18N2O3. The molecule has 1 aromatic carbocycles. The van der Waals surface area contributed by atoms with Crippen LogP contribution in [-0.4, -0.2) is 29.1 Å². The molecule has 0 N–H and O–H groups in total. The van der Waals surface area contributed by atoms with Crippen LogP contribution in [0.25, 0.3) is 16.9 Å². The Balaban J connectivity index is 2.16. The highest BCUT2D eigenvalue weighted by molar-refractivity contribution is 5.77. The van der Waals surface area contributed by atoms with Gasteiger partial charge in [-0.15, -0.1) is 0 Å². The van der Waals surface area contributed by atoms with E-state index in [0.717, 1.165) is 22.6 Å². The number of methoxy groups -OCH3 is 1. The van der Waals surface area contributed by atoms with E-state index in [9.17, 15) is 4.79 Å². The van der Waals surface area contributed by atoms with Gasteiger partial charge in [0.15, 0.2) is 0 Å². The van der Waals surface area contributed by atoms with Gasteiger partial charge in [0.1, 0.15) is 11.4 Å². The van der Waals surface area contributed by atoms with Crippen LogP contribution in [0.1, 0.15) is 12.6 Å². The van der Waals surface area contributed by atoms with Gasteiger partial charge in [-0.3, -0.25) is 9.20 Å². The van der Waals surface area contributed by atoms with Crippen LogP contribution >= 0.6 is 0 Å². The van der Waals surface area contributed by atoms with Crippen LogP contribution in [0.5, 0.6) is 5.75 Å². The lowest BCUT2D eigenvalue weighted by molar-refractivity contribution is -0.142. The van der Waals surface area contributed by atoms with Crippen molar-refractivity contribution in [1.82, 2.24) is 9.38 Å². The van der Waals surface area contributed by atoms with Crippen LogP contribution in [0.4, 0.5) is 0 Å². The van der Waals surface area contributed by atoms with Crippen molar-refractivity contribution in [2.75, 3.05) is 13.7 Å². The predicted molar refractivity (Wildman–Crippen MR) is 87.5 cm³/mol. The lowest BCUT2D eigenvalue weighted by Gasteiger charge is -2.06. The second kappa shape index (κ2) is 6.52. The van der Waals surface area contributed by atoms with Crippen LogP contribution < -0.4 is 4.74 Å². The third-order valence-corrected chi connectivity index (χ3v) is 3.59. The number of aromatic nitrogens is 2. The van der Waals surface area contributed by atoms with Crippen molar-refractivity contribution >= 4 is 11.6 Å². The van der Waals surface area contributed by atoms with E-state index in [1.54, 1.807) is 14.0 Å². The number of pyridine rings is 1. The van der Waals surface area contributed by atoms with E-state index in [1.807, 2.05) is 53.1 Å². The van der Waals surface area contributed by atoms with E-state index in [1.165, 1.54) is 0 Å². The summed E-state index contributed by atoms with van der Waals surface area (Å²) < 4.78 is 12.3. The van der Waals surface area contributed by atoms with E-state index in [4.69, 9.17) is 9.47 Å². The molecule has 0 aliphatic heterocycles. The molecule has 2 aromatic heterocycles. The monoisotopic (exact) mass is 310 g/mol. The van der Waals surface area contributed by atoms with Gasteiger partial charge >= 0.3 is 5.97 Å². The van der Waals surface area contributed by atoms with Gasteiger partial charge in [-0.1, -0.05) is 30.3 Å². The maximum absolute atomic E-state index is 12.0. The Bertz CT molecular complexity index is 825. The average molecular weight is 310 g/mol. The summed E-state index contributed by atoms with van der Waals surface area (Å²) in [5.41, 5.74) is 3.31. The minimum atomic E-state index is -0.269. The molecule has 0 fully saturated rings. The van der Waals surface area contributed by atoms with E-state index in [2.05, 4.69) is 4.98 Å². The zero-order valence-electron chi connectivity index (χ0n) is 13.2. The maximum Gasteiger partial charge on any atom is 0.311 e. The maximum atomic E-state index is 12.0. The van der Waals surface area contributed by atoms with Crippen molar-refractivity contribution in [2.24, 2.45) is 0 Å². The Kier molecular flexibility index (Phi) is 4.28. The number of nitrogens with zero attached hydrogens (tertiary/aromatic N) is 2. The molecule has 5 heteroatoms. The lowest BCUT2D eigenvalue weighted by Crippen LogP contribution is -2.10. The van der Waals surface area contributed by atoms with Gasteiger partial charge in [0.05, 0.1) is 37.7 Å². The lowest BCUT2D eigenvalue weighted by atomic mass is 10.1. The number of fused-ring (bicyclic) bond motifs is 1. The third kappa shape index (κ3) is 3.04. The molecule has 0 atom stereocenters. The SMILES string of the molecule is CCOC(=O)Cc1c(-c2ccccc2)nc2ccc(OC)cn12. The van der Waals surface area contributed by atoms with Crippen molar-refractivity contribution in [2.45, 2.75) is 13.3 Å². The van der Waals surface area contributed by atoms with E-state index < -0.39 is 0 Å². The molecule has 118 valence electrons. The van der Waals surface area contributed by atoms with Crippen LogP contribution in [0.15, 0.2) is 48.7 Å². The van der Waals surface area contributed by atoms with Gasteiger partial charge in [0, 0.05) is 5.56 Å². The second-order valence-electron chi connectivity index (χ2n) is 5.05. The number of ether oxygens (including phenoxy) is 2. The Labute approximate surface area is 134 Å². The number of hydrogen-bond acceptors (Lipinski definition) is 4. The normalized spacial score (nSPS) is 10.7. The molecule has 0 spiro atoms. The van der Waals surface area contributed by atoms with Crippen molar-refractivity contribution in [3.8, 4) is 17.0 Å². The van der Waals surface area contributed by atoms with Crippen LogP contribution in [-0.2, 0) is 16.0 Å². The van der Waals surface area contributed by atoms with Gasteiger partial charge in [0.2, 0.25) is 0 Å². The van der Waals surface area contributed by atoms with Crippen molar-refractivity contribution < 1.29 is 14.3 Å². The van der Waals surface area contributed by atoms with Crippen molar-refractivity contribution in [1.29, 1.82) is 0 Å². The quantitative estimate of drug-likeness (QED) is 0.679. The van der Waals surface area contributed by atoms with Crippen LogP contribution in [0, 0.1) is 0 Å². The van der Waals surface area contributed by atoms with Gasteiger partial charge in [-0.05, 0) is 19.1 Å². The highest BCUT2D eigenvalue weighted by Gasteiger charge is 2.18. The number of rotatable bonds is 5. The molecule has 0 saturated carbocycles. The molecule has 0 bridgehead atoms. The van der Waals surface area contributed by atoms with Gasteiger partial charge in [0.25, 0.3) is 0 Å². The predicted octanol–water partition coefficient (Wildman–Crippen LogP) is 3.12. The Hall–Kier alpha value is -2.82. The van der Waals surface area contributed by atoms with E-state index in [0.29, 0.717) is 12.4 Å². The molecule has 23 heavy (non-hydrogen) atoms. The summed E-state index contributed by atoms with van der Waals surface area (Å²) in [5, 5.41) is 0. The fraction of sp³-hybridized carbons (Fsp3) is 0.222. The highest BCUT2D eigenvalue weighted by atomic mass is 16.5. The minimum absolute atomic E-state index is 0.159. The molecule has 0 aliphatic carbocycles. The smallest absolute Gasteiger partial charge is 0.311 e. The minimum Gasteiger partial charge on any atom is -0.495 e. The van der Waals surface area contributed by atoms with Crippen LogP contribution in [0.2, 0.25) is 0 Å². The van der Waals surface area contributed by atoms with Crippen molar-refractivity contribution in [3.05, 3.63) is 54.4 Å².